The van der Waals surface area contributed by atoms with Crippen molar-refractivity contribution in [3.63, 3.8) is 0 Å². The first-order valence-corrected chi connectivity index (χ1v) is 10.8. The summed E-state index contributed by atoms with van der Waals surface area (Å²) in [5, 5.41) is 10.4. The van der Waals surface area contributed by atoms with Gasteiger partial charge in [-0.2, -0.15) is 18.2 Å². The van der Waals surface area contributed by atoms with E-state index < -0.39 is 17.8 Å². The Balaban J connectivity index is 0.000000454. The van der Waals surface area contributed by atoms with Crippen molar-refractivity contribution in [2.45, 2.75) is 26.2 Å². The number of pyridine rings is 1. The average molecular weight is 507 g/mol. The number of piperazine rings is 1. The Bertz CT molecular complexity index is 1410. The van der Waals surface area contributed by atoms with Gasteiger partial charge in [0.1, 0.15) is 0 Å². The Morgan fingerprint density at radius 1 is 1.17 bits per heavy atom. The fraction of sp³-hybridized carbons (Fsp3) is 0.409. The number of alkyl halides is 3. The van der Waals surface area contributed by atoms with E-state index in [-0.39, 0.29) is 12.1 Å². The van der Waals surface area contributed by atoms with Crippen molar-refractivity contribution < 1.29 is 23.1 Å². The van der Waals surface area contributed by atoms with E-state index in [0.29, 0.717) is 23.7 Å². The van der Waals surface area contributed by atoms with Crippen LogP contribution in [0.5, 0.6) is 0 Å². The number of imidazole rings is 1. The lowest BCUT2D eigenvalue weighted by Gasteiger charge is -2.28. The highest BCUT2D eigenvalue weighted by Gasteiger charge is 2.38. The van der Waals surface area contributed by atoms with Crippen LogP contribution >= 0.6 is 0 Å². The number of aliphatic carboxylic acids is 1. The first kappa shape index (κ1) is 26.5. The number of carboxylic acids is 1. The van der Waals surface area contributed by atoms with Gasteiger partial charge >= 0.3 is 17.8 Å². The first-order valence-electron chi connectivity index (χ1n) is 10.8. The molecule has 0 aliphatic carbocycles. The van der Waals surface area contributed by atoms with Gasteiger partial charge in [-0.1, -0.05) is 5.92 Å². The number of nitrogens with one attached hydrogen (secondary N) is 1. The van der Waals surface area contributed by atoms with E-state index in [1.54, 1.807) is 38.5 Å². The highest BCUT2D eigenvalue weighted by Crippen LogP contribution is 2.20. The predicted octanol–water partition coefficient (Wildman–Crippen LogP) is 0.406. The van der Waals surface area contributed by atoms with Gasteiger partial charge in [0.05, 0.1) is 13.1 Å². The topological polar surface area (TPSA) is 127 Å². The molecule has 192 valence electrons. The summed E-state index contributed by atoms with van der Waals surface area (Å²) in [5.74, 6) is 3.85. The number of carboxylic acid groups (broad SMARTS) is 1. The number of rotatable bonds is 4. The quantitative estimate of drug-likeness (QED) is 0.486. The smallest absolute Gasteiger partial charge is 0.475 e. The highest BCUT2D eigenvalue weighted by molar-refractivity contribution is 5.75. The maximum absolute atomic E-state index is 13.4. The number of carbonyl (C=O) groups is 1. The van der Waals surface area contributed by atoms with Crippen LogP contribution in [0.4, 0.5) is 19.1 Å². The predicted molar refractivity (Wildman–Crippen MR) is 125 cm³/mol. The van der Waals surface area contributed by atoms with Crippen LogP contribution < -0.4 is 21.5 Å². The summed E-state index contributed by atoms with van der Waals surface area (Å²) in [6, 6.07) is 3.59. The van der Waals surface area contributed by atoms with Crippen molar-refractivity contribution in [1.82, 2.24) is 29.0 Å². The zero-order valence-electron chi connectivity index (χ0n) is 19.5. The number of hydrogen-bond donors (Lipinski definition) is 2. The van der Waals surface area contributed by atoms with Crippen molar-refractivity contribution in [2.24, 2.45) is 7.05 Å². The molecule has 14 heteroatoms. The van der Waals surface area contributed by atoms with Crippen LogP contribution in [0.1, 0.15) is 12.5 Å². The van der Waals surface area contributed by atoms with Crippen LogP contribution in [-0.4, -0.2) is 67.1 Å². The van der Waals surface area contributed by atoms with Crippen LogP contribution in [0.2, 0.25) is 0 Å². The van der Waals surface area contributed by atoms with Crippen LogP contribution in [0.15, 0.2) is 34.1 Å². The second-order valence-electron chi connectivity index (χ2n) is 7.73. The van der Waals surface area contributed by atoms with E-state index in [1.807, 2.05) is 4.57 Å². The normalized spacial score (nSPS) is 13.5. The van der Waals surface area contributed by atoms with Crippen molar-refractivity contribution in [1.29, 1.82) is 0 Å². The van der Waals surface area contributed by atoms with E-state index in [0.717, 1.165) is 31.7 Å². The molecule has 0 amide bonds. The molecule has 1 aliphatic rings. The Kier molecular flexibility index (Phi) is 8.15. The number of fused-ring (bicyclic) bond motifs is 1. The lowest BCUT2D eigenvalue weighted by molar-refractivity contribution is -0.192. The van der Waals surface area contributed by atoms with Gasteiger partial charge in [-0.05, 0) is 24.6 Å². The third kappa shape index (κ3) is 5.74. The summed E-state index contributed by atoms with van der Waals surface area (Å²) in [6.45, 7) is 5.53. The molecule has 0 spiro atoms. The number of nitrogens with zero attached hydrogens (tertiary/aromatic N) is 6. The third-order valence-electron chi connectivity index (χ3n) is 5.36. The number of anilines is 1. The van der Waals surface area contributed by atoms with Crippen LogP contribution in [0, 0.1) is 11.8 Å². The molecule has 1 fully saturated rings. The Morgan fingerprint density at radius 3 is 2.33 bits per heavy atom. The highest BCUT2D eigenvalue weighted by atomic mass is 19.4. The number of halogens is 3. The monoisotopic (exact) mass is 507 g/mol. The summed E-state index contributed by atoms with van der Waals surface area (Å²) in [4.78, 5) is 46.0. The maximum atomic E-state index is 13.4. The number of aromatic nitrogens is 5. The van der Waals surface area contributed by atoms with Gasteiger partial charge in [-0.3, -0.25) is 23.5 Å². The van der Waals surface area contributed by atoms with Crippen molar-refractivity contribution in [3.8, 4) is 11.8 Å². The minimum absolute atomic E-state index is 0.178. The lowest BCUT2D eigenvalue weighted by atomic mass is 10.2. The largest absolute Gasteiger partial charge is 0.490 e. The molecule has 4 heterocycles. The standard InChI is InChI=1S/C20H23N7O2.C2HF3O2/c1-3-4-11-26-16-17(23-19(26)25-12-9-22-10-13-25)24(2)20(29)27(18(16)28)14-15-5-7-21-8-6-15;3-2(4,5)1(6)7/h5-8,22H,9-14H2,1-2H3;(H,6,7). The molecular weight excluding hydrogens is 483 g/mol. The Morgan fingerprint density at radius 2 is 1.78 bits per heavy atom. The SMILES string of the molecule is CC#CCn1c(N2CCNCC2)nc2c1c(=O)n(Cc1ccncc1)c(=O)n2C.O=C(O)C(F)(F)F. The van der Waals surface area contributed by atoms with E-state index in [1.165, 1.54) is 9.13 Å². The molecule has 0 aromatic carbocycles. The van der Waals surface area contributed by atoms with Crippen molar-refractivity contribution in [2.75, 3.05) is 31.1 Å². The Labute approximate surface area is 202 Å². The number of hydrogen-bond acceptors (Lipinski definition) is 7. The summed E-state index contributed by atoms with van der Waals surface area (Å²) in [7, 11) is 1.65. The molecular formula is C22H24F3N7O4. The second-order valence-corrected chi connectivity index (χ2v) is 7.73. The summed E-state index contributed by atoms with van der Waals surface area (Å²) < 4.78 is 36.3. The van der Waals surface area contributed by atoms with Crippen LogP contribution in [0.3, 0.4) is 0 Å². The van der Waals surface area contributed by atoms with Crippen LogP contribution in [-0.2, 0) is 24.9 Å². The fourth-order valence-corrected chi connectivity index (χ4v) is 3.58. The van der Waals surface area contributed by atoms with Gasteiger partial charge in [0.2, 0.25) is 5.95 Å². The van der Waals surface area contributed by atoms with Gasteiger partial charge in [0.15, 0.2) is 11.2 Å². The minimum Gasteiger partial charge on any atom is -0.475 e. The zero-order valence-corrected chi connectivity index (χ0v) is 19.5. The van der Waals surface area contributed by atoms with E-state index >= 15 is 0 Å². The molecule has 1 aliphatic heterocycles. The molecule has 11 nitrogen and oxygen atoms in total. The van der Waals surface area contributed by atoms with E-state index in [9.17, 15) is 22.8 Å². The molecule has 0 saturated carbocycles. The zero-order chi connectivity index (χ0) is 26.5. The van der Waals surface area contributed by atoms with Gasteiger partial charge in [0, 0.05) is 45.6 Å². The molecule has 0 atom stereocenters. The molecule has 1 saturated heterocycles. The molecule has 36 heavy (non-hydrogen) atoms. The van der Waals surface area contributed by atoms with Gasteiger partial charge in [-0.25, -0.2) is 9.59 Å². The van der Waals surface area contributed by atoms with Crippen molar-refractivity contribution in [3.05, 3.63) is 50.9 Å². The summed E-state index contributed by atoms with van der Waals surface area (Å²) in [5.41, 5.74) is 0.874. The molecule has 0 bridgehead atoms. The summed E-state index contributed by atoms with van der Waals surface area (Å²) >= 11 is 0. The molecule has 2 N–H and O–H groups in total. The third-order valence-corrected chi connectivity index (χ3v) is 5.36. The molecule has 3 aromatic heterocycles. The molecule has 0 unspecified atom stereocenters. The average Bonchev–Trinajstić information content (AvgIpc) is 3.25. The fourth-order valence-electron chi connectivity index (χ4n) is 3.58. The van der Waals surface area contributed by atoms with E-state index in [2.05, 4.69) is 27.0 Å². The van der Waals surface area contributed by atoms with Gasteiger partial charge in [-0.15, -0.1) is 5.92 Å². The second kappa shape index (κ2) is 11.1. The van der Waals surface area contributed by atoms with E-state index in [4.69, 9.17) is 14.9 Å². The van der Waals surface area contributed by atoms with Crippen molar-refractivity contribution >= 4 is 23.1 Å². The Hall–Kier alpha value is -4.12. The molecule has 0 radical (unpaired) electrons. The lowest BCUT2D eigenvalue weighted by Crippen LogP contribution is -2.44. The van der Waals surface area contributed by atoms with Gasteiger partial charge < -0.3 is 15.3 Å². The summed E-state index contributed by atoms with van der Waals surface area (Å²) in [6.07, 6.45) is -1.79. The first-order chi connectivity index (χ1) is 17.1. The number of aryl methyl sites for hydroxylation is 1. The molecule has 3 aromatic rings. The minimum atomic E-state index is -5.08. The maximum Gasteiger partial charge on any atom is 0.490 e. The molecule has 4 rings (SSSR count). The van der Waals surface area contributed by atoms with Crippen LogP contribution in [0.25, 0.3) is 11.2 Å². The van der Waals surface area contributed by atoms with Gasteiger partial charge in [0.25, 0.3) is 5.56 Å².